The first-order valence-electron chi connectivity index (χ1n) is 20.7. The van der Waals surface area contributed by atoms with Crippen LogP contribution in [0.15, 0.2) is 78.9 Å². The molecular formula is C46H56N6O10. The minimum atomic E-state index is -1.13. The average molecular weight is 853 g/mol. The molecule has 0 saturated heterocycles. The van der Waals surface area contributed by atoms with Gasteiger partial charge < -0.3 is 40.7 Å². The van der Waals surface area contributed by atoms with Crippen molar-refractivity contribution in [3.8, 4) is 11.1 Å². The first-order chi connectivity index (χ1) is 29.4. The maximum absolute atomic E-state index is 14.0. The zero-order valence-corrected chi connectivity index (χ0v) is 36.0. The first kappa shape index (κ1) is 46.5. The number of imide groups is 1. The zero-order chi connectivity index (χ0) is 45.1. The molecule has 62 heavy (non-hydrogen) atoms. The largest absolute Gasteiger partial charge is 0.448 e. The van der Waals surface area contributed by atoms with Crippen molar-refractivity contribution in [1.29, 1.82) is 0 Å². The number of benzene rings is 3. The highest BCUT2D eigenvalue weighted by molar-refractivity contribution is 6.14. The quantitative estimate of drug-likeness (QED) is 0.0876. The van der Waals surface area contributed by atoms with E-state index >= 15 is 0 Å². The number of unbranched alkanes of at least 4 members (excludes halogenated alkanes) is 1. The number of ether oxygens (including phenoxy) is 2. The van der Waals surface area contributed by atoms with E-state index < -0.39 is 71.9 Å². The molecule has 0 unspecified atom stereocenters. The van der Waals surface area contributed by atoms with E-state index in [1.165, 1.54) is 4.90 Å². The van der Waals surface area contributed by atoms with Crippen molar-refractivity contribution in [3.05, 3.63) is 101 Å². The summed E-state index contributed by atoms with van der Waals surface area (Å²) < 4.78 is 11.1. The van der Waals surface area contributed by atoms with Gasteiger partial charge in [-0.25, -0.2) is 9.59 Å². The fourth-order valence-electron chi connectivity index (χ4n) is 7.25. The number of carbonyl (C=O) groups excluding carboxylic acids is 7. The van der Waals surface area contributed by atoms with Crippen molar-refractivity contribution in [2.75, 3.05) is 32.1 Å². The number of amides is 7. The molecule has 0 bridgehead atoms. The second-order valence-electron chi connectivity index (χ2n) is 16.7. The van der Waals surface area contributed by atoms with Crippen LogP contribution in [0, 0.1) is 5.92 Å². The monoisotopic (exact) mass is 852 g/mol. The molecule has 5 N–H and O–H groups in total. The highest BCUT2D eigenvalue weighted by atomic mass is 16.6. The Kier molecular flexibility index (Phi) is 15.6. The molecule has 16 nitrogen and oxygen atoms in total. The van der Waals surface area contributed by atoms with Crippen LogP contribution >= 0.6 is 0 Å². The van der Waals surface area contributed by atoms with Gasteiger partial charge in [0.05, 0.1) is 6.61 Å². The molecule has 330 valence electrons. The molecule has 2 aliphatic rings. The third-order valence-corrected chi connectivity index (χ3v) is 10.4. The summed E-state index contributed by atoms with van der Waals surface area (Å²) >= 11 is 0. The van der Waals surface area contributed by atoms with Gasteiger partial charge in [0.1, 0.15) is 30.8 Å². The lowest BCUT2D eigenvalue weighted by Gasteiger charge is -2.26. The molecular weight excluding hydrogens is 797 g/mol. The number of alkyl carbamates (subject to hydrolysis) is 1. The predicted molar refractivity (Wildman–Crippen MR) is 230 cm³/mol. The van der Waals surface area contributed by atoms with Crippen LogP contribution in [0.1, 0.15) is 82.1 Å². The van der Waals surface area contributed by atoms with Crippen LogP contribution < -0.4 is 21.3 Å². The molecule has 3 aromatic carbocycles. The number of rotatable bonds is 18. The average Bonchev–Trinajstić information content (AvgIpc) is 3.71. The summed E-state index contributed by atoms with van der Waals surface area (Å²) in [4.78, 5) is 92.3. The maximum atomic E-state index is 14.0. The van der Waals surface area contributed by atoms with Gasteiger partial charge >= 0.3 is 12.2 Å². The van der Waals surface area contributed by atoms with Crippen molar-refractivity contribution in [3.63, 3.8) is 0 Å². The summed E-state index contributed by atoms with van der Waals surface area (Å²) in [5, 5.41) is 21.0. The minimum absolute atomic E-state index is 0.0432. The molecule has 16 heteroatoms. The summed E-state index contributed by atoms with van der Waals surface area (Å²) in [6.07, 6.45) is 1.91. The van der Waals surface area contributed by atoms with Crippen LogP contribution in [0.2, 0.25) is 0 Å². The highest BCUT2D eigenvalue weighted by Gasteiger charge is 2.32. The Morgan fingerprint density at radius 1 is 0.839 bits per heavy atom. The second-order valence-corrected chi connectivity index (χ2v) is 16.7. The summed E-state index contributed by atoms with van der Waals surface area (Å²) in [7, 11) is 1.58. The second kappa shape index (κ2) is 20.8. The van der Waals surface area contributed by atoms with Gasteiger partial charge in [-0.05, 0) is 91.5 Å². The van der Waals surface area contributed by atoms with Crippen molar-refractivity contribution >= 4 is 47.4 Å². The van der Waals surface area contributed by atoms with Gasteiger partial charge in [-0.1, -0.05) is 68.4 Å². The Labute approximate surface area is 361 Å². The molecule has 1 aliphatic heterocycles. The predicted octanol–water partition coefficient (Wildman–Crippen LogP) is 4.74. The van der Waals surface area contributed by atoms with Gasteiger partial charge in [0, 0.05) is 43.9 Å². The van der Waals surface area contributed by atoms with Crippen LogP contribution in [0.25, 0.3) is 11.1 Å². The lowest BCUT2D eigenvalue weighted by molar-refractivity contribution is -0.141. The number of nitrogens with one attached hydrogen (secondary N) is 4. The SMILES string of the molecule is CC(C)[C@H](NC(=O)CN1C(=O)C=CC1=O)C(=O)N[C@@H](CCCCNC(=O)OC(C)(C)C)C(=O)Nc1ccc(CO)c(CN(C)C(=O)OCC2c3ccccc3-c3ccccc32)c1. The van der Waals surface area contributed by atoms with Crippen LogP contribution in [0.3, 0.4) is 0 Å². The standard InChI is InChI=1S/C46H56N6O10/c1-28(2)41(50-38(54)25-52-39(55)20-21-40(52)56)43(58)49-37(17-11-12-22-47-44(59)62-46(3,4)5)42(57)48-31-19-18-29(26-53)30(23-31)24-51(6)45(60)61-27-36-34-15-9-7-13-32(34)33-14-8-10-16-35(33)36/h7-10,13-16,18-21,23,28,36-37,41,53H,11-12,17,22,24-27H2,1-6H3,(H,47,59)(H,48,57)(H,49,58)(H,50,54)/t37-,41-/m0/s1. The van der Waals surface area contributed by atoms with E-state index in [0.717, 1.165) is 39.3 Å². The zero-order valence-electron chi connectivity index (χ0n) is 36.0. The Morgan fingerprint density at radius 3 is 2.06 bits per heavy atom. The van der Waals surface area contributed by atoms with E-state index in [-0.39, 0.29) is 38.6 Å². The van der Waals surface area contributed by atoms with Gasteiger partial charge in [0.25, 0.3) is 11.8 Å². The fourth-order valence-corrected chi connectivity index (χ4v) is 7.25. The number of aliphatic hydroxyl groups is 1. The normalized spacial score (nSPS) is 14.2. The number of anilines is 1. The number of carbonyl (C=O) groups is 7. The Hall–Kier alpha value is -6.55. The van der Waals surface area contributed by atoms with Crippen molar-refractivity contribution in [2.24, 2.45) is 5.92 Å². The van der Waals surface area contributed by atoms with Gasteiger partial charge in [-0.2, -0.15) is 0 Å². The lowest BCUT2D eigenvalue weighted by Crippen LogP contribution is -2.56. The Bertz CT molecular complexity index is 2130. The van der Waals surface area contributed by atoms with E-state index in [1.54, 1.807) is 59.9 Å². The number of hydrogen-bond acceptors (Lipinski definition) is 10. The molecule has 7 amide bonds. The number of aliphatic hydroxyl groups excluding tert-OH is 1. The third-order valence-electron chi connectivity index (χ3n) is 10.4. The summed E-state index contributed by atoms with van der Waals surface area (Å²) in [6, 6.07) is 18.7. The summed E-state index contributed by atoms with van der Waals surface area (Å²) in [5.74, 6) is -3.86. The fraction of sp³-hybridized carbons (Fsp3) is 0.413. The first-order valence-corrected chi connectivity index (χ1v) is 20.7. The van der Waals surface area contributed by atoms with Crippen LogP contribution in [0.5, 0.6) is 0 Å². The Morgan fingerprint density at radius 2 is 1.47 bits per heavy atom. The van der Waals surface area contributed by atoms with E-state index in [0.29, 0.717) is 29.7 Å². The number of nitrogens with zero attached hydrogens (tertiary/aromatic N) is 2. The van der Waals surface area contributed by atoms with Crippen molar-refractivity contribution < 1.29 is 48.1 Å². The van der Waals surface area contributed by atoms with Crippen LogP contribution in [-0.2, 0) is 46.6 Å². The van der Waals surface area contributed by atoms with Crippen LogP contribution in [0.4, 0.5) is 15.3 Å². The summed E-state index contributed by atoms with van der Waals surface area (Å²) in [5.41, 5.74) is 5.09. The van der Waals surface area contributed by atoms with Gasteiger partial charge in [-0.3, -0.25) is 28.9 Å². The van der Waals surface area contributed by atoms with E-state index in [1.807, 2.05) is 36.4 Å². The minimum Gasteiger partial charge on any atom is -0.448 e. The number of fused-ring (bicyclic) bond motifs is 3. The highest BCUT2D eigenvalue weighted by Crippen LogP contribution is 2.44. The topological polar surface area (TPSA) is 213 Å². The summed E-state index contributed by atoms with van der Waals surface area (Å²) in [6.45, 7) is 8.12. The molecule has 0 spiro atoms. The van der Waals surface area contributed by atoms with E-state index in [4.69, 9.17) is 9.47 Å². The maximum Gasteiger partial charge on any atom is 0.409 e. The number of hydrogen-bond donors (Lipinski definition) is 5. The molecule has 1 heterocycles. The molecule has 2 atom stereocenters. The molecule has 0 saturated carbocycles. The molecule has 0 aromatic heterocycles. The molecule has 0 radical (unpaired) electrons. The lowest BCUT2D eigenvalue weighted by atomic mass is 9.98. The van der Waals surface area contributed by atoms with E-state index in [9.17, 15) is 38.7 Å². The van der Waals surface area contributed by atoms with Gasteiger partial charge in [0.2, 0.25) is 17.7 Å². The molecule has 1 aliphatic carbocycles. The molecule has 3 aromatic rings. The molecule has 5 rings (SSSR count). The van der Waals surface area contributed by atoms with Gasteiger partial charge in [0.15, 0.2) is 0 Å². The van der Waals surface area contributed by atoms with Crippen molar-refractivity contribution in [1.82, 2.24) is 25.8 Å². The smallest absolute Gasteiger partial charge is 0.409 e. The molecule has 0 fully saturated rings. The van der Waals surface area contributed by atoms with Crippen molar-refractivity contribution in [2.45, 2.75) is 90.6 Å². The Balaban J connectivity index is 1.25. The van der Waals surface area contributed by atoms with Gasteiger partial charge in [-0.15, -0.1) is 0 Å². The van der Waals surface area contributed by atoms with Crippen LogP contribution in [-0.4, -0.2) is 101 Å². The third kappa shape index (κ3) is 12.3. The van der Waals surface area contributed by atoms with E-state index in [2.05, 4.69) is 33.4 Å².